The number of carbonyl (C=O) groups is 1. The lowest BCUT2D eigenvalue weighted by Crippen LogP contribution is -2.48. The lowest BCUT2D eigenvalue weighted by atomic mass is 9.62. The summed E-state index contributed by atoms with van der Waals surface area (Å²) < 4.78 is 19.4. The maximum atomic E-state index is 13.3. The second kappa shape index (κ2) is 6.44. The van der Waals surface area contributed by atoms with Crippen LogP contribution in [-0.4, -0.2) is 30.1 Å². The van der Waals surface area contributed by atoms with E-state index in [4.69, 9.17) is 14.2 Å². The zero-order chi connectivity index (χ0) is 20.6. The Bertz CT molecular complexity index is 625. The molecule has 1 saturated heterocycles. The average molecular weight is 393 g/mol. The SMILES string of the molecule is CC1CC2(CC1C)OC1C3CC(OC(=O)C(C)(C(C)C)C(C)(C)C)C(C3)C1O2. The first kappa shape index (κ1) is 20.7. The maximum absolute atomic E-state index is 13.3. The van der Waals surface area contributed by atoms with Gasteiger partial charge in [0, 0.05) is 18.8 Å². The van der Waals surface area contributed by atoms with Gasteiger partial charge in [-0.15, -0.1) is 0 Å². The molecule has 1 spiro atoms. The monoisotopic (exact) mass is 392 g/mol. The molecular weight excluding hydrogens is 352 g/mol. The van der Waals surface area contributed by atoms with E-state index in [9.17, 15) is 4.79 Å². The van der Waals surface area contributed by atoms with Gasteiger partial charge in [0.25, 0.3) is 0 Å². The number of esters is 1. The van der Waals surface area contributed by atoms with E-state index < -0.39 is 5.41 Å². The summed E-state index contributed by atoms with van der Waals surface area (Å²) in [5.74, 6) is 1.86. The molecule has 4 heteroatoms. The lowest BCUT2D eigenvalue weighted by Gasteiger charge is -2.44. The van der Waals surface area contributed by atoms with Crippen LogP contribution >= 0.6 is 0 Å². The van der Waals surface area contributed by atoms with Gasteiger partial charge in [-0.2, -0.15) is 0 Å². The van der Waals surface area contributed by atoms with Crippen LogP contribution in [0.25, 0.3) is 0 Å². The van der Waals surface area contributed by atoms with Gasteiger partial charge < -0.3 is 14.2 Å². The van der Waals surface area contributed by atoms with Crippen molar-refractivity contribution in [2.75, 3.05) is 0 Å². The Labute approximate surface area is 171 Å². The summed E-state index contributed by atoms with van der Waals surface area (Å²) in [4.78, 5) is 13.3. The molecule has 4 rings (SSSR count). The molecule has 0 aromatic rings. The molecule has 28 heavy (non-hydrogen) atoms. The Morgan fingerprint density at radius 3 is 2.11 bits per heavy atom. The molecule has 4 nitrogen and oxygen atoms in total. The predicted molar refractivity (Wildman–Crippen MR) is 109 cm³/mol. The first-order valence-corrected chi connectivity index (χ1v) is 11.4. The van der Waals surface area contributed by atoms with Crippen molar-refractivity contribution in [2.24, 2.45) is 40.4 Å². The summed E-state index contributed by atoms with van der Waals surface area (Å²) in [5, 5.41) is 0. The summed E-state index contributed by atoms with van der Waals surface area (Å²) >= 11 is 0. The number of carbonyl (C=O) groups excluding carboxylic acids is 1. The van der Waals surface area contributed by atoms with E-state index in [1.165, 1.54) is 0 Å². The van der Waals surface area contributed by atoms with Crippen molar-refractivity contribution in [3.05, 3.63) is 0 Å². The van der Waals surface area contributed by atoms with E-state index >= 15 is 0 Å². The van der Waals surface area contributed by atoms with E-state index in [0.29, 0.717) is 23.7 Å². The fourth-order valence-electron chi connectivity index (χ4n) is 6.50. The maximum Gasteiger partial charge on any atom is 0.312 e. The van der Waals surface area contributed by atoms with Gasteiger partial charge in [0.2, 0.25) is 0 Å². The fraction of sp³-hybridized carbons (Fsp3) is 0.958. The van der Waals surface area contributed by atoms with Crippen molar-refractivity contribution < 1.29 is 19.0 Å². The summed E-state index contributed by atoms with van der Waals surface area (Å²) in [7, 11) is 0. The molecule has 8 unspecified atom stereocenters. The Kier molecular flexibility index (Phi) is 4.75. The van der Waals surface area contributed by atoms with Crippen LogP contribution in [0.1, 0.15) is 81.1 Å². The minimum Gasteiger partial charge on any atom is -0.462 e. The molecule has 160 valence electrons. The first-order chi connectivity index (χ1) is 12.9. The van der Waals surface area contributed by atoms with Gasteiger partial charge in [0.1, 0.15) is 6.10 Å². The van der Waals surface area contributed by atoms with Crippen LogP contribution in [-0.2, 0) is 19.0 Å². The zero-order valence-corrected chi connectivity index (χ0v) is 19.1. The molecule has 3 saturated carbocycles. The topological polar surface area (TPSA) is 44.8 Å². The molecule has 1 heterocycles. The Morgan fingerprint density at radius 2 is 1.57 bits per heavy atom. The molecule has 0 amide bonds. The molecule has 8 atom stereocenters. The molecule has 0 N–H and O–H groups in total. The van der Waals surface area contributed by atoms with Gasteiger partial charge >= 0.3 is 5.97 Å². The van der Waals surface area contributed by atoms with Crippen LogP contribution in [0.4, 0.5) is 0 Å². The van der Waals surface area contributed by atoms with Crippen LogP contribution in [0.3, 0.4) is 0 Å². The molecule has 2 bridgehead atoms. The van der Waals surface area contributed by atoms with Gasteiger partial charge in [-0.3, -0.25) is 4.79 Å². The van der Waals surface area contributed by atoms with Crippen LogP contribution in [0, 0.1) is 40.4 Å². The van der Waals surface area contributed by atoms with Crippen molar-refractivity contribution in [2.45, 2.75) is 105 Å². The fourth-order valence-corrected chi connectivity index (χ4v) is 6.50. The highest BCUT2D eigenvalue weighted by Crippen LogP contribution is 2.58. The number of fused-ring (bicyclic) bond motifs is 5. The van der Waals surface area contributed by atoms with Crippen molar-refractivity contribution in [1.82, 2.24) is 0 Å². The highest BCUT2D eigenvalue weighted by Gasteiger charge is 2.65. The predicted octanol–water partition coefficient (Wildman–Crippen LogP) is 5.19. The molecule has 3 aliphatic carbocycles. The average Bonchev–Trinajstić information content (AvgIpc) is 3.27. The van der Waals surface area contributed by atoms with E-state index in [0.717, 1.165) is 25.7 Å². The summed E-state index contributed by atoms with van der Waals surface area (Å²) in [6.45, 7) is 17.4. The quantitative estimate of drug-likeness (QED) is 0.620. The van der Waals surface area contributed by atoms with E-state index in [2.05, 4.69) is 55.4 Å². The third kappa shape index (κ3) is 2.88. The third-order valence-electron chi connectivity index (χ3n) is 9.13. The van der Waals surface area contributed by atoms with E-state index in [-0.39, 0.29) is 41.4 Å². The van der Waals surface area contributed by atoms with Gasteiger partial charge in [-0.25, -0.2) is 0 Å². The zero-order valence-electron chi connectivity index (χ0n) is 19.1. The molecule has 0 aromatic carbocycles. The number of hydrogen-bond donors (Lipinski definition) is 0. The van der Waals surface area contributed by atoms with Crippen LogP contribution in [0.15, 0.2) is 0 Å². The van der Waals surface area contributed by atoms with Crippen LogP contribution in [0.2, 0.25) is 0 Å². The highest BCUT2D eigenvalue weighted by atomic mass is 16.8. The minimum absolute atomic E-state index is 0.0193. The summed E-state index contributed by atoms with van der Waals surface area (Å²) in [5.41, 5.74) is -0.648. The van der Waals surface area contributed by atoms with Crippen molar-refractivity contribution in [3.63, 3.8) is 0 Å². The van der Waals surface area contributed by atoms with Crippen LogP contribution < -0.4 is 0 Å². The lowest BCUT2D eigenvalue weighted by molar-refractivity contribution is -0.187. The second-order valence-corrected chi connectivity index (χ2v) is 11.9. The molecule has 0 radical (unpaired) electrons. The number of hydrogen-bond acceptors (Lipinski definition) is 4. The van der Waals surface area contributed by atoms with Crippen molar-refractivity contribution in [3.8, 4) is 0 Å². The Balaban J connectivity index is 1.47. The number of rotatable bonds is 3. The number of ether oxygens (including phenoxy) is 3. The molecule has 0 aromatic heterocycles. The van der Waals surface area contributed by atoms with Gasteiger partial charge in [-0.05, 0) is 48.9 Å². The molecule has 1 aliphatic heterocycles. The minimum atomic E-state index is -0.501. The summed E-state index contributed by atoms with van der Waals surface area (Å²) in [6, 6.07) is 0. The Hall–Kier alpha value is -0.610. The van der Waals surface area contributed by atoms with Crippen molar-refractivity contribution in [1.29, 1.82) is 0 Å². The van der Waals surface area contributed by atoms with Gasteiger partial charge in [0.05, 0.1) is 17.6 Å². The first-order valence-electron chi connectivity index (χ1n) is 11.4. The Morgan fingerprint density at radius 1 is 1.00 bits per heavy atom. The largest absolute Gasteiger partial charge is 0.462 e. The molecular formula is C24H40O4. The third-order valence-corrected chi connectivity index (χ3v) is 9.13. The smallest absolute Gasteiger partial charge is 0.312 e. The molecule has 4 fully saturated rings. The van der Waals surface area contributed by atoms with E-state index in [1.54, 1.807) is 0 Å². The summed E-state index contributed by atoms with van der Waals surface area (Å²) in [6.07, 6.45) is 4.30. The van der Waals surface area contributed by atoms with Crippen molar-refractivity contribution >= 4 is 5.97 Å². The van der Waals surface area contributed by atoms with Gasteiger partial charge in [-0.1, -0.05) is 48.5 Å². The normalized spacial score (nSPS) is 47.0. The van der Waals surface area contributed by atoms with Gasteiger partial charge in [0.15, 0.2) is 5.79 Å². The molecule has 4 aliphatic rings. The highest BCUT2D eigenvalue weighted by molar-refractivity contribution is 5.78. The van der Waals surface area contributed by atoms with Crippen LogP contribution in [0.5, 0.6) is 0 Å². The second-order valence-electron chi connectivity index (χ2n) is 11.9. The van der Waals surface area contributed by atoms with E-state index in [1.807, 2.05) is 0 Å². The standard InChI is InChI=1S/C24H40O4/c1-13(2)23(8,22(5,6)7)21(25)26-18-10-16-9-17(18)20-19(16)27-24(28-20)11-14(3)15(4)12-24/h13-20H,9-12H2,1-8H3.